The summed E-state index contributed by atoms with van der Waals surface area (Å²) in [7, 11) is 0. The second-order valence-corrected chi connectivity index (χ2v) is 10.8. The molecule has 0 bridgehead atoms. The van der Waals surface area contributed by atoms with Gasteiger partial charge in [0.1, 0.15) is 13.0 Å². The van der Waals surface area contributed by atoms with Crippen LogP contribution in [0.2, 0.25) is 0 Å². The van der Waals surface area contributed by atoms with Gasteiger partial charge in [-0.2, -0.15) is 26.3 Å². The van der Waals surface area contributed by atoms with E-state index in [2.05, 4.69) is 28.4 Å². The third-order valence-corrected chi connectivity index (χ3v) is 5.99. The molecule has 0 radical (unpaired) electrons. The quantitative estimate of drug-likeness (QED) is 0.0580. The van der Waals surface area contributed by atoms with Gasteiger partial charge in [0.25, 0.3) is 5.92 Å². The summed E-state index contributed by atoms with van der Waals surface area (Å²) in [4.78, 5) is 85.5. The van der Waals surface area contributed by atoms with E-state index in [0.29, 0.717) is 0 Å². The van der Waals surface area contributed by atoms with Crippen molar-refractivity contribution in [3.63, 3.8) is 0 Å². The van der Waals surface area contributed by atoms with Crippen LogP contribution in [0, 0.1) is 0 Å². The number of ether oxygens (including phenoxy) is 6. The van der Waals surface area contributed by atoms with Gasteiger partial charge >= 0.3 is 65.5 Å². The Hall–Kier alpha value is -4.55. The largest absolute Gasteiger partial charge is 0.476 e. The summed E-state index contributed by atoms with van der Waals surface area (Å²) >= 11 is 0. The van der Waals surface area contributed by atoms with E-state index in [1.165, 1.54) is 0 Å². The molecule has 0 aliphatic heterocycles. The number of halogens is 12. The molecule has 312 valence electrons. The van der Waals surface area contributed by atoms with E-state index in [1.807, 2.05) is 0 Å². The first-order chi connectivity index (χ1) is 24.6. The summed E-state index contributed by atoms with van der Waals surface area (Å²) in [5.74, 6) is -37.9. The number of aliphatic carboxylic acids is 1. The van der Waals surface area contributed by atoms with Crippen molar-refractivity contribution in [3.05, 3.63) is 0 Å². The zero-order valence-corrected chi connectivity index (χ0v) is 27.6. The van der Waals surface area contributed by atoms with Crippen LogP contribution in [-0.4, -0.2) is 116 Å². The number of carbonyl (C=O) groups is 7. The number of alkyl halides is 12. The van der Waals surface area contributed by atoms with Crippen LogP contribution < -0.4 is 0 Å². The molecule has 0 spiro atoms. The van der Waals surface area contributed by atoms with Crippen molar-refractivity contribution >= 4 is 41.8 Å². The smallest absolute Gasteiger partial charge is 0.421 e. The lowest BCUT2D eigenvalue weighted by Gasteiger charge is -2.37. The first-order valence-corrected chi connectivity index (χ1v) is 15.0. The highest BCUT2D eigenvalue weighted by molar-refractivity contribution is 5.86. The average molecular weight is 821 g/mol. The van der Waals surface area contributed by atoms with Crippen molar-refractivity contribution in [2.45, 2.75) is 107 Å². The Morgan fingerprint density at radius 2 is 1.19 bits per heavy atom. The molecule has 0 aliphatic carbocycles. The van der Waals surface area contributed by atoms with Crippen molar-refractivity contribution in [2.24, 2.45) is 0 Å². The molecule has 14 nitrogen and oxygen atoms in total. The zero-order valence-electron chi connectivity index (χ0n) is 27.6. The van der Waals surface area contributed by atoms with E-state index >= 15 is 13.2 Å². The van der Waals surface area contributed by atoms with Crippen molar-refractivity contribution in [1.82, 2.24) is 0 Å². The van der Waals surface area contributed by atoms with Gasteiger partial charge in [0.2, 0.25) is 12.5 Å². The van der Waals surface area contributed by atoms with E-state index in [9.17, 15) is 78.2 Å². The molecule has 0 aromatic rings. The SMILES string of the molecule is CC(F)(F)CC(=O)OC[C@](OC(=O)CCC(F)F)(OC(=O)CCC(F)(F)F)C(F)(F)C(=O)O[C@@](F)(C(=O)O)[C@H](COC(=O)CCCF)OC(=O)CCCF. The Morgan fingerprint density at radius 3 is 1.65 bits per heavy atom. The molecule has 0 aromatic carbocycles. The van der Waals surface area contributed by atoms with Crippen molar-refractivity contribution < 1.29 is 120 Å². The first-order valence-electron chi connectivity index (χ1n) is 15.0. The summed E-state index contributed by atoms with van der Waals surface area (Å²) in [5, 5.41) is 9.53. The molecule has 0 aromatic heterocycles. The van der Waals surface area contributed by atoms with Gasteiger partial charge in [0, 0.05) is 19.3 Å². The van der Waals surface area contributed by atoms with Crippen LogP contribution in [0.4, 0.5) is 52.7 Å². The number of hydrogen-bond donors (Lipinski definition) is 1. The number of carbonyl (C=O) groups excluding carboxylic acids is 6. The van der Waals surface area contributed by atoms with E-state index in [4.69, 9.17) is 0 Å². The second-order valence-electron chi connectivity index (χ2n) is 10.8. The van der Waals surface area contributed by atoms with Gasteiger partial charge in [0.15, 0.2) is 6.61 Å². The topological polar surface area (TPSA) is 195 Å². The Kier molecular flexibility index (Phi) is 19.6. The Balaban J connectivity index is 7.29. The monoisotopic (exact) mass is 820 g/mol. The minimum Gasteiger partial charge on any atom is -0.476 e. The van der Waals surface area contributed by atoms with E-state index in [0.717, 1.165) is 0 Å². The molecule has 3 atom stereocenters. The highest BCUT2D eigenvalue weighted by atomic mass is 19.4. The van der Waals surface area contributed by atoms with E-state index in [-0.39, 0.29) is 6.92 Å². The Labute approximate surface area is 295 Å². The van der Waals surface area contributed by atoms with Crippen molar-refractivity contribution in [1.29, 1.82) is 0 Å². The molecule has 1 N–H and O–H groups in total. The molecular formula is C28H32F12O14. The zero-order chi connectivity index (χ0) is 42.1. The van der Waals surface area contributed by atoms with E-state index in [1.54, 1.807) is 0 Å². The number of esters is 6. The summed E-state index contributed by atoms with van der Waals surface area (Å²) in [6, 6.07) is 0. The van der Waals surface area contributed by atoms with Crippen LogP contribution in [0.1, 0.15) is 64.7 Å². The van der Waals surface area contributed by atoms with Gasteiger partial charge < -0.3 is 33.5 Å². The van der Waals surface area contributed by atoms with Crippen LogP contribution in [-0.2, 0) is 62.0 Å². The average Bonchev–Trinajstić information content (AvgIpc) is 3.03. The number of carboxylic acid groups (broad SMARTS) is 1. The molecule has 0 rings (SSSR count). The first kappa shape index (κ1) is 49.5. The van der Waals surface area contributed by atoms with Crippen LogP contribution in [0.25, 0.3) is 0 Å². The molecule has 54 heavy (non-hydrogen) atoms. The summed E-state index contributed by atoms with van der Waals surface area (Å²) in [5.41, 5.74) is 0. The highest BCUT2D eigenvalue weighted by Crippen LogP contribution is 2.39. The fourth-order valence-electron chi connectivity index (χ4n) is 3.42. The fraction of sp³-hybridized carbons (Fsp3) is 0.750. The van der Waals surface area contributed by atoms with Gasteiger partial charge in [-0.15, -0.1) is 0 Å². The molecular weight excluding hydrogens is 788 g/mol. The molecule has 0 aliphatic rings. The van der Waals surface area contributed by atoms with Crippen LogP contribution in [0.5, 0.6) is 0 Å². The van der Waals surface area contributed by atoms with Crippen LogP contribution >= 0.6 is 0 Å². The molecule has 0 heterocycles. The second kappa shape index (κ2) is 21.4. The van der Waals surface area contributed by atoms with Gasteiger partial charge in [-0.25, -0.2) is 27.2 Å². The molecule has 0 fully saturated rings. The van der Waals surface area contributed by atoms with Crippen LogP contribution in [0.3, 0.4) is 0 Å². The van der Waals surface area contributed by atoms with Gasteiger partial charge in [-0.1, -0.05) is 0 Å². The molecule has 0 saturated heterocycles. The lowest BCUT2D eigenvalue weighted by molar-refractivity contribution is -0.325. The predicted molar refractivity (Wildman–Crippen MR) is 145 cm³/mol. The summed E-state index contributed by atoms with van der Waals surface area (Å²) in [6.07, 6.45) is -24.6. The van der Waals surface area contributed by atoms with Gasteiger partial charge in [-0.05, 0) is 19.8 Å². The normalized spacial score (nSPS) is 14.9. The maximum atomic E-state index is 16.1. The summed E-state index contributed by atoms with van der Waals surface area (Å²) in [6.45, 7) is -6.86. The fourth-order valence-corrected chi connectivity index (χ4v) is 3.42. The van der Waals surface area contributed by atoms with Gasteiger partial charge in [-0.3, -0.25) is 32.8 Å². The molecule has 0 unspecified atom stereocenters. The predicted octanol–water partition coefficient (Wildman–Crippen LogP) is 4.63. The lowest BCUT2D eigenvalue weighted by atomic mass is 10.1. The minimum absolute atomic E-state index is 0.0565. The third kappa shape index (κ3) is 17.5. The Bertz CT molecular complexity index is 1310. The number of carboxylic acids is 1. The Morgan fingerprint density at radius 1 is 0.667 bits per heavy atom. The molecule has 0 amide bonds. The highest BCUT2D eigenvalue weighted by Gasteiger charge is 2.71. The van der Waals surface area contributed by atoms with E-state index < -0.39 is 168 Å². The number of hydrogen-bond acceptors (Lipinski definition) is 13. The molecule has 0 saturated carbocycles. The van der Waals surface area contributed by atoms with Crippen LogP contribution in [0.15, 0.2) is 0 Å². The standard InChI is InChI=1S/C28H32F12O14/c1-24(33,34)12-21(45)50-14-25(52-19(43)7-6-16(31)32,53-20(44)8-9-26(35,36)37)28(39,40)23(48)54-27(38,22(46)47)15(51-18(42)5-3-11-30)13-49-17(41)4-2-10-29/h15-16H,2-14H2,1H3,(H,46,47)/t15-,25-,27+/m0/s1. The van der Waals surface area contributed by atoms with Crippen molar-refractivity contribution in [3.8, 4) is 0 Å². The molecule has 26 heteroatoms. The summed E-state index contributed by atoms with van der Waals surface area (Å²) < 4.78 is 188. The third-order valence-electron chi connectivity index (χ3n) is 5.99. The lowest BCUT2D eigenvalue weighted by Crippen LogP contribution is -2.64. The number of rotatable bonds is 25. The maximum absolute atomic E-state index is 16.1. The van der Waals surface area contributed by atoms with Crippen molar-refractivity contribution in [2.75, 3.05) is 26.6 Å². The van der Waals surface area contributed by atoms with Gasteiger partial charge in [0.05, 0.1) is 32.6 Å². The maximum Gasteiger partial charge on any atom is 0.421 e. The minimum atomic E-state index is -6.26.